The molecule has 0 spiro atoms. The minimum atomic E-state index is -1.25. The van der Waals surface area contributed by atoms with Crippen molar-refractivity contribution in [2.24, 2.45) is 7.05 Å². The van der Waals surface area contributed by atoms with Crippen molar-refractivity contribution < 1.29 is 14.3 Å². The maximum absolute atomic E-state index is 13.5. The summed E-state index contributed by atoms with van der Waals surface area (Å²) in [6.45, 7) is 1.24. The van der Waals surface area contributed by atoms with Crippen LogP contribution in [-0.4, -0.2) is 27.4 Å². The van der Waals surface area contributed by atoms with E-state index >= 15 is 0 Å². The third-order valence-electron chi connectivity index (χ3n) is 2.94. The molecule has 0 aliphatic heterocycles. The average molecular weight is 277 g/mol. The van der Waals surface area contributed by atoms with E-state index in [1.807, 2.05) is 19.4 Å². The molecule has 2 N–H and O–H groups in total. The van der Waals surface area contributed by atoms with Crippen LogP contribution in [0.5, 0.6) is 0 Å². The number of benzene rings is 1. The van der Waals surface area contributed by atoms with Crippen molar-refractivity contribution in [1.82, 2.24) is 15.1 Å². The highest BCUT2D eigenvalue weighted by Gasteiger charge is 2.09. The first-order chi connectivity index (χ1) is 9.56. The van der Waals surface area contributed by atoms with Crippen molar-refractivity contribution >= 4 is 5.97 Å². The van der Waals surface area contributed by atoms with E-state index in [0.29, 0.717) is 6.54 Å². The molecule has 0 fully saturated rings. The Hall–Kier alpha value is -2.21. The van der Waals surface area contributed by atoms with Crippen LogP contribution in [0.4, 0.5) is 4.39 Å². The van der Waals surface area contributed by atoms with E-state index in [1.54, 1.807) is 10.7 Å². The average Bonchev–Trinajstić information content (AvgIpc) is 2.80. The number of nitrogens with one attached hydrogen (secondary N) is 1. The fraction of sp³-hybridized carbons (Fsp3) is 0.286. The number of aryl methyl sites for hydroxylation is 1. The summed E-state index contributed by atoms with van der Waals surface area (Å²) < 4.78 is 15.2. The lowest BCUT2D eigenvalue weighted by molar-refractivity contribution is 0.0692. The van der Waals surface area contributed by atoms with Crippen molar-refractivity contribution in [3.05, 3.63) is 53.1 Å². The Bertz CT molecular complexity index is 610. The first kappa shape index (κ1) is 14.2. The molecule has 0 bridgehead atoms. The molecule has 0 saturated carbocycles. The Kier molecular flexibility index (Phi) is 4.47. The Labute approximate surface area is 116 Å². The van der Waals surface area contributed by atoms with Gasteiger partial charge in [0.25, 0.3) is 0 Å². The molecule has 0 aliphatic rings. The number of nitrogens with zero attached hydrogens (tertiary/aromatic N) is 2. The Morgan fingerprint density at radius 1 is 1.45 bits per heavy atom. The van der Waals surface area contributed by atoms with E-state index in [9.17, 15) is 9.18 Å². The van der Waals surface area contributed by atoms with E-state index in [0.717, 1.165) is 24.1 Å². The summed E-state index contributed by atoms with van der Waals surface area (Å²) in [7, 11) is 1.86. The van der Waals surface area contributed by atoms with Gasteiger partial charge in [-0.15, -0.1) is 0 Å². The van der Waals surface area contributed by atoms with Gasteiger partial charge >= 0.3 is 5.97 Å². The molecular formula is C14H16FN3O2. The van der Waals surface area contributed by atoms with Crippen LogP contribution in [0.2, 0.25) is 0 Å². The Balaban J connectivity index is 1.82. The van der Waals surface area contributed by atoms with Crippen molar-refractivity contribution in [2.75, 3.05) is 6.54 Å². The van der Waals surface area contributed by atoms with Gasteiger partial charge in [-0.1, -0.05) is 6.07 Å². The number of aromatic nitrogens is 2. The molecule has 106 valence electrons. The fourth-order valence-electron chi connectivity index (χ4n) is 1.91. The topological polar surface area (TPSA) is 67.2 Å². The maximum atomic E-state index is 13.5. The van der Waals surface area contributed by atoms with Gasteiger partial charge in [0.2, 0.25) is 0 Å². The van der Waals surface area contributed by atoms with Crippen LogP contribution in [0.25, 0.3) is 0 Å². The predicted molar refractivity (Wildman–Crippen MR) is 72.0 cm³/mol. The van der Waals surface area contributed by atoms with Crippen LogP contribution >= 0.6 is 0 Å². The van der Waals surface area contributed by atoms with Gasteiger partial charge < -0.3 is 10.4 Å². The molecule has 0 unspecified atom stereocenters. The lowest BCUT2D eigenvalue weighted by Crippen LogP contribution is -2.17. The third kappa shape index (κ3) is 3.64. The lowest BCUT2D eigenvalue weighted by Gasteiger charge is -2.05. The summed E-state index contributed by atoms with van der Waals surface area (Å²) in [6, 6.07) is 4.15. The second-order valence-electron chi connectivity index (χ2n) is 4.57. The van der Waals surface area contributed by atoms with Crippen molar-refractivity contribution in [3.63, 3.8) is 0 Å². The SMILES string of the molecule is Cn1cc(CCNCc2ccc(C(=O)O)c(F)c2)cn1. The van der Waals surface area contributed by atoms with Crippen molar-refractivity contribution in [3.8, 4) is 0 Å². The molecule has 6 heteroatoms. The highest BCUT2D eigenvalue weighted by Crippen LogP contribution is 2.10. The second-order valence-corrected chi connectivity index (χ2v) is 4.57. The summed E-state index contributed by atoms with van der Waals surface area (Å²) in [5.41, 5.74) is 1.55. The minimum Gasteiger partial charge on any atom is -0.478 e. The van der Waals surface area contributed by atoms with Crippen molar-refractivity contribution in [1.29, 1.82) is 0 Å². The van der Waals surface area contributed by atoms with E-state index in [2.05, 4.69) is 10.4 Å². The minimum absolute atomic E-state index is 0.302. The van der Waals surface area contributed by atoms with E-state index in [4.69, 9.17) is 5.11 Å². The first-order valence-corrected chi connectivity index (χ1v) is 6.26. The highest BCUT2D eigenvalue weighted by molar-refractivity contribution is 5.87. The lowest BCUT2D eigenvalue weighted by atomic mass is 10.1. The Morgan fingerprint density at radius 3 is 2.85 bits per heavy atom. The fourth-order valence-corrected chi connectivity index (χ4v) is 1.91. The number of carboxylic acid groups (broad SMARTS) is 1. The summed E-state index contributed by atoms with van der Waals surface area (Å²) >= 11 is 0. The second kappa shape index (κ2) is 6.29. The molecule has 0 saturated heterocycles. The molecule has 2 rings (SSSR count). The summed E-state index contributed by atoms with van der Waals surface area (Å²) in [5, 5.41) is 16.0. The number of hydrogen-bond acceptors (Lipinski definition) is 3. The molecular weight excluding hydrogens is 261 g/mol. The molecule has 0 aliphatic carbocycles. The van der Waals surface area contributed by atoms with Gasteiger partial charge in [-0.2, -0.15) is 5.10 Å². The first-order valence-electron chi connectivity index (χ1n) is 6.26. The normalized spacial score (nSPS) is 10.7. The quantitative estimate of drug-likeness (QED) is 0.787. The number of aromatic carboxylic acids is 1. The van der Waals surface area contributed by atoms with E-state index < -0.39 is 11.8 Å². The number of hydrogen-bond donors (Lipinski definition) is 2. The summed E-state index contributed by atoms with van der Waals surface area (Å²) in [6.07, 6.45) is 4.59. The standard InChI is InChI=1S/C14H16FN3O2/c1-18-9-11(8-17-18)4-5-16-7-10-2-3-12(14(19)20)13(15)6-10/h2-3,6,8-9,16H,4-5,7H2,1H3,(H,19,20). The highest BCUT2D eigenvalue weighted by atomic mass is 19.1. The van der Waals surface area contributed by atoms with Crippen molar-refractivity contribution in [2.45, 2.75) is 13.0 Å². The summed E-state index contributed by atoms with van der Waals surface area (Å²) in [4.78, 5) is 10.7. The van der Waals surface area contributed by atoms with Gasteiger partial charge in [0.05, 0.1) is 11.8 Å². The van der Waals surface area contributed by atoms with Crippen LogP contribution in [0, 0.1) is 5.82 Å². The number of carbonyl (C=O) groups is 1. The molecule has 0 atom stereocenters. The molecule has 0 amide bonds. The third-order valence-corrected chi connectivity index (χ3v) is 2.94. The largest absolute Gasteiger partial charge is 0.478 e. The molecule has 2 aromatic rings. The smallest absolute Gasteiger partial charge is 0.338 e. The van der Waals surface area contributed by atoms with Crippen LogP contribution < -0.4 is 5.32 Å². The van der Waals surface area contributed by atoms with Gasteiger partial charge in [0, 0.05) is 19.8 Å². The molecule has 1 aromatic heterocycles. The molecule has 0 radical (unpaired) electrons. The molecule has 1 aromatic carbocycles. The van der Waals surface area contributed by atoms with Gasteiger partial charge in [0.1, 0.15) is 5.82 Å². The summed E-state index contributed by atoms with van der Waals surface area (Å²) in [5.74, 6) is -1.96. The van der Waals surface area contributed by atoms with Crippen LogP contribution in [-0.2, 0) is 20.0 Å². The van der Waals surface area contributed by atoms with Crippen LogP contribution in [0.3, 0.4) is 0 Å². The zero-order valence-corrected chi connectivity index (χ0v) is 11.1. The monoisotopic (exact) mass is 277 g/mol. The number of carboxylic acids is 1. The molecule has 20 heavy (non-hydrogen) atoms. The zero-order chi connectivity index (χ0) is 14.5. The predicted octanol–water partition coefficient (Wildman–Crippen LogP) is 1.59. The van der Waals surface area contributed by atoms with Crippen LogP contribution in [0.1, 0.15) is 21.5 Å². The molecule has 5 nitrogen and oxygen atoms in total. The van der Waals surface area contributed by atoms with Gasteiger partial charge in [-0.3, -0.25) is 4.68 Å². The van der Waals surface area contributed by atoms with E-state index in [1.165, 1.54) is 12.1 Å². The van der Waals surface area contributed by atoms with Crippen LogP contribution in [0.15, 0.2) is 30.6 Å². The van der Waals surface area contributed by atoms with Gasteiger partial charge in [-0.05, 0) is 36.2 Å². The van der Waals surface area contributed by atoms with Gasteiger partial charge in [0.15, 0.2) is 0 Å². The Morgan fingerprint density at radius 2 is 2.25 bits per heavy atom. The zero-order valence-electron chi connectivity index (χ0n) is 11.1. The van der Waals surface area contributed by atoms with E-state index in [-0.39, 0.29) is 5.56 Å². The molecule has 1 heterocycles. The van der Waals surface area contributed by atoms with Gasteiger partial charge in [-0.25, -0.2) is 9.18 Å². The number of rotatable bonds is 6. The maximum Gasteiger partial charge on any atom is 0.338 e. The number of halogens is 1.